The van der Waals surface area contributed by atoms with E-state index in [0.717, 1.165) is 16.6 Å². The van der Waals surface area contributed by atoms with Crippen LogP contribution in [-0.2, 0) is 6.42 Å². The Morgan fingerprint density at radius 1 is 1.59 bits per heavy atom. The highest BCUT2D eigenvalue weighted by atomic mass is 32.2. The van der Waals surface area contributed by atoms with Crippen LogP contribution in [0, 0.1) is 5.41 Å². The maximum absolute atomic E-state index is 7.48. The fraction of sp³-hybridized carbons (Fsp3) is 0.200. The maximum atomic E-state index is 7.48. The number of amidine groups is 1. The van der Waals surface area contributed by atoms with Crippen LogP contribution in [0.1, 0.15) is 18.3 Å². The molecule has 0 amide bonds. The van der Waals surface area contributed by atoms with Gasteiger partial charge in [0.25, 0.3) is 0 Å². The maximum Gasteiger partial charge on any atom is 0.176 e. The topological polar surface area (TPSA) is 88.5 Å². The number of hydrogen-bond donors (Lipinski definition) is 2. The van der Waals surface area contributed by atoms with Gasteiger partial charge >= 0.3 is 0 Å². The molecule has 0 aliphatic carbocycles. The average Bonchev–Trinajstić information content (AvgIpc) is 2.77. The zero-order valence-corrected chi connectivity index (χ0v) is 10.8. The molecule has 0 atom stereocenters. The number of aryl methyl sites for hydroxylation is 1. The molecule has 17 heavy (non-hydrogen) atoms. The second-order valence-corrected chi connectivity index (χ2v) is 5.19. The van der Waals surface area contributed by atoms with E-state index < -0.39 is 0 Å². The molecule has 2 rings (SSSR count). The fourth-order valence-corrected chi connectivity index (χ4v) is 2.90. The molecule has 0 spiro atoms. The average molecular weight is 265 g/mol. The second-order valence-electron chi connectivity index (χ2n) is 3.20. The van der Waals surface area contributed by atoms with E-state index in [1.165, 1.54) is 23.3 Å². The summed E-state index contributed by atoms with van der Waals surface area (Å²) in [5.74, 6) is 0.846. The minimum absolute atomic E-state index is 0.0147. The van der Waals surface area contributed by atoms with Crippen LogP contribution in [0.3, 0.4) is 0 Å². The van der Waals surface area contributed by atoms with E-state index in [0.29, 0.717) is 10.6 Å². The van der Waals surface area contributed by atoms with E-state index in [-0.39, 0.29) is 5.84 Å². The summed E-state index contributed by atoms with van der Waals surface area (Å²) in [6.45, 7) is 2.01. The number of rotatable bonds is 4. The third-order valence-corrected chi connectivity index (χ3v) is 3.82. The van der Waals surface area contributed by atoms with Crippen molar-refractivity contribution in [2.75, 3.05) is 0 Å². The largest absolute Gasteiger partial charge is 0.384 e. The lowest BCUT2D eigenvalue weighted by atomic mass is 10.3. The Kier molecular flexibility index (Phi) is 3.70. The summed E-state index contributed by atoms with van der Waals surface area (Å²) in [7, 11) is 0. The van der Waals surface area contributed by atoms with Crippen LogP contribution in [0.4, 0.5) is 0 Å². The smallest absolute Gasteiger partial charge is 0.176 e. The van der Waals surface area contributed by atoms with Gasteiger partial charge in [0, 0.05) is 18.2 Å². The number of nitrogens with one attached hydrogen (secondary N) is 1. The SMILES string of the molecule is CCc1nsc(Sc2ncccc2C(=N)N)n1. The number of pyridine rings is 1. The molecule has 3 N–H and O–H groups in total. The van der Waals surface area contributed by atoms with E-state index >= 15 is 0 Å². The molecule has 5 nitrogen and oxygen atoms in total. The van der Waals surface area contributed by atoms with E-state index in [2.05, 4.69) is 14.3 Å². The summed E-state index contributed by atoms with van der Waals surface area (Å²) in [5, 5.41) is 8.17. The first-order chi connectivity index (χ1) is 8.20. The highest BCUT2D eigenvalue weighted by Crippen LogP contribution is 2.29. The second kappa shape index (κ2) is 5.24. The predicted molar refractivity (Wildman–Crippen MR) is 68.7 cm³/mol. The van der Waals surface area contributed by atoms with E-state index in [1.54, 1.807) is 18.3 Å². The van der Waals surface area contributed by atoms with Crippen LogP contribution < -0.4 is 5.73 Å². The Balaban J connectivity index is 2.26. The highest BCUT2D eigenvalue weighted by molar-refractivity contribution is 8.01. The Morgan fingerprint density at radius 2 is 2.41 bits per heavy atom. The van der Waals surface area contributed by atoms with Gasteiger partial charge in [-0.25, -0.2) is 9.97 Å². The molecular weight excluding hydrogens is 254 g/mol. The third-order valence-electron chi connectivity index (χ3n) is 2.01. The van der Waals surface area contributed by atoms with Gasteiger partial charge < -0.3 is 5.73 Å². The quantitative estimate of drug-likeness (QED) is 0.651. The van der Waals surface area contributed by atoms with Gasteiger partial charge in [0.15, 0.2) is 4.34 Å². The third kappa shape index (κ3) is 2.80. The molecule has 0 aromatic carbocycles. The minimum atomic E-state index is 0.0147. The number of aromatic nitrogens is 3. The van der Waals surface area contributed by atoms with Crippen molar-refractivity contribution in [3.8, 4) is 0 Å². The number of hydrogen-bond acceptors (Lipinski definition) is 6. The molecule has 2 heterocycles. The molecule has 0 radical (unpaired) electrons. The molecule has 7 heteroatoms. The van der Waals surface area contributed by atoms with Gasteiger partial charge in [0.1, 0.15) is 16.7 Å². The van der Waals surface area contributed by atoms with Crippen LogP contribution in [-0.4, -0.2) is 20.2 Å². The van der Waals surface area contributed by atoms with E-state index in [1.807, 2.05) is 6.92 Å². The van der Waals surface area contributed by atoms with Gasteiger partial charge in [0.05, 0.1) is 0 Å². The molecular formula is C10H11N5S2. The molecule has 0 saturated heterocycles. The number of nitrogen functional groups attached to an aromatic ring is 1. The van der Waals surface area contributed by atoms with Crippen molar-refractivity contribution in [2.45, 2.75) is 22.7 Å². The predicted octanol–water partition coefficient (Wildman–Crippen LogP) is 1.93. The first-order valence-electron chi connectivity index (χ1n) is 5.00. The molecule has 0 aliphatic rings. The molecule has 2 aromatic rings. The Bertz CT molecular complexity index is 537. The monoisotopic (exact) mass is 265 g/mol. The normalized spacial score (nSPS) is 10.4. The lowest BCUT2D eigenvalue weighted by molar-refractivity contribution is 0.970. The first kappa shape index (κ1) is 12.0. The zero-order valence-electron chi connectivity index (χ0n) is 9.17. The van der Waals surface area contributed by atoms with Gasteiger partial charge in [-0.1, -0.05) is 6.92 Å². The van der Waals surface area contributed by atoms with Crippen molar-refractivity contribution >= 4 is 29.1 Å². The standard InChI is InChI=1S/C10H11N5S2/c1-2-7-14-10(17-15-7)16-9-6(8(11)12)4-3-5-13-9/h3-5H,2H2,1H3,(H3,11,12). The Labute approximate surface area is 107 Å². The summed E-state index contributed by atoms with van der Waals surface area (Å²) in [6.07, 6.45) is 2.50. The minimum Gasteiger partial charge on any atom is -0.384 e. The van der Waals surface area contributed by atoms with E-state index in [4.69, 9.17) is 11.1 Å². The van der Waals surface area contributed by atoms with Gasteiger partial charge in [0.2, 0.25) is 0 Å². The van der Waals surface area contributed by atoms with Crippen molar-refractivity contribution in [1.29, 1.82) is 5.41 Å². The zero-order chi connectivity index (χ0) is 12.3. The Hall–Kier alpha value is -1.47. The summed E-state index contributed by atoms with van der Waals surface area (Å²) in [5.41, 5.74) is 6.13. The van der Waals surface area contributed by atoms with Gasteiger partial charge in [-0.05, 0) is 35.4 Å². The molecule has 88 valence electrons. The Morgan fingerprint density at radius 3 is 3.06 bits per heavy atom. The number of nitrogens with two attached hydrogens (primary N) is 1. The van der Waals surface area contributed by atoms with Crippen molar-refractivity contribution in [3.63, 3.8) is 0 Å². The lowest BCUT2D eigenvalue weighted by Crippen LogP contribution is -2.12. The van der Waals surface area contributed by atoms with Crippen LogP contribution in [0.5, 0.6) is 0 Å². The van der Waals surface area contributed by atoms with Gasteiger partial charge in [-0.15, -0.1) is 0 Å². The van der Waals surface area contributed by atoms with Crippen molar-refractivity contribution in [2.24, 2.45) is 5.73 Å². The van der Waals surface area contributed by atoms with Gasteiger partial charge in [-0.3, -0.25) is 5.41 Å². The molecule has 0 aliphatic heterocycles. The highest BCUT2D eigenvalue weighted by Gasteiger charge is 2.11. The van der Waals surface area contributed by atoms with Crippen LogP contribution in [0.2, 0.25) is 0 Å². The van der Waals surface area contributed by atoms with Crippen LogP contribution in [0.25, 0.3) is 0 Å². The van der Waals surface area contributed by atoms with Crippen LogP contribution in [0.15, 0.2) is 27.7 Å². The van der Waals surface area contributed by atoms with Crippen molar-refractivity contribution < 1.29 is 0 Å². The lowest BCUT2D eigenvalue weighted by Gasteiger charge is -2.03. The molecule has 0 saturated carbocycles. The molecule has 2 aromatic heterocycles. The summed E-state index contributed by atoms with van der Waals surface area (Å²) in [4.78, 5) is 8.55. The summed E-state index contributed by atoms with van der Waals surface area (Å²) < 4.78 is 5.02. The molecule has 0 bridgehead atoms. The summed E-state index contributed by atoms with van der Waals surface area (Å²) >= 11 is 2.73. The van der Waals surface area contributed by atoms with Crippen LogP contribution >= 0.6 is 23.3 Å². The summed E-state index contributed by atoms with van der Waals surface area (Å²) in [6, 6.07) is 3.54. The molecule has 0 fully saturated rings. The number of nitrogens with zero attached hydrogens (tertiary/aromatic N) is 3. The fourth-order valence-electron chi connectivity index (χ4n) is 1.18. The molecule has 0 unspecified atom stereocenters. The van der Waals surface area contributed by atoms with Gasteiger partial charge in [-0.2, -0.15) is 4.37 Å². The van der Waals surface area contributed by atoms with Crippen molar-refractivity contribution in [1.82, 2.24) is 14.3 Å². The first-order valence-corrected chi connectivity index (χ1v) is 6.59. The van der Waals surface area contributed by atoms with E-state index in [9.17, 15) is 0 Å². The van der Waals surface area contributed by atoms with Crippen molar-refractivity contribution in [3.05, 3.63) is 29.7 Å².